The van der Waals surface area contributed by atoms with Crippen molar-refractivity contribution < 1.29 is 9.47 Å². The van der Waals surface area contributed by atoms with E-state index in [0.717, 1.165) is 39.1 Å². The highest BCUT2D eigenvalue weighted by Gasteiger charge is 2.34. The summed E-state index contributed by atoms with van der Waals surface area (Å²) in [4.78, 5) is 2.43. The zero-order valence-corrected chi connectivity index (χ0v) is 9.01. The largest absolute Gasteiger partial charge is 0.353 e. The number of likely N-dealkylation sites (tertiary alicyclic amines) is 1. The average molecular weight is 187 g/mol. The van der Waals surface area contributed by atoms with E-state index in [1.807, 2.05) is 6.92 Å². The first-order valence-electron chi connectivity index (χ1n) is 5.18. The van der Waals surface area contributed by atoms with Gasteiger partial charge in [-0.3, -0.25) is 0 Å². The van der Waals surface area contributed by atoms with Gasteiger partial charge in [0.25, 0.3) is 0 Å². The molecule has 0 aromatic rings. The molecule has 78 valence electrons. The van der Waals surface area contributed by atoms with Crippen molar-refractivity contribution in [2.45, 2.75) is 32.5 Å². The highest BCUT2D eigenvalue weighted by molar-refractivity contribution is 4.79. The van der Waals surface area contributed by atoms with Crippen molar-refractivity contribution >= 4 is 0 Å². The number of piperidine rings is 1. The molecule has 0 spiro atoms. The summed E-state index contributed by atoms with van der Waals surface area (Å²) >= 11 is 0. The first-order valence-corrected chi connectivity index (χ1v) is 5.18. The summed E-state index contributed by atoms with van der Waals surface area (Å²) in [6.45, 7) is 8.26. The molecular weight excluding hydrogens is 166 g/mol. The molecule has 0 saturated carbocycles. The van der Waals surface area contributed by atoms with Crippen molar-refractivity contribution in [1.29, 1.82) is 0 Å². The molecule has 0 aliphatic carbocycles. The molecule has 0 bridgehead atoms. The van der Waals surface area contributed by atoms with Crippen LogP contribution in [0.1, 0.15) is 26.7 Å². The Kier molecular flexibility index (Phi) is 4.16. The van der Waals surface area contributed by atoms with Crippen LogP contribution >= 0.6 is 0 Å². The van der Waals surface area contributed by atoms with Gasteiger partial charge in [0, 0.05) is 39.6 Å². The lowest BCUT2D eigenvalue weighted by molar-refractivity contribution is -0.241. The lowest BCUT2D eigenvalue weighted by Crippen LogP contribution is -2.47. The van der Waals surface area contributed by atoms with Crippen LogP contribution in [0, 0.1) is 0 Å². The third-order valence-corrected chi connectivity index (χ3v) is 2.84. The van der Waals surface area contributed by atoms with E-state index in [0.29, 0.717) is 0 Å². The highest BCUT2D eigenvalue weighted by Crippen LogP contribution is 2.26. The van der Waals surface area contributed by atoms with Crippen LogP contribution < -0.4 is 0 Å². The molecule has 13 heavy (non-hydrogen) atoms. The van der Waals surface area contributed by atoms with Gasteiger partial charge in [-0.15, -0.1) is 0 Å². The molecule has 1 aliphatic heterocycles. The van der Waals surface area contributed by atoms with E-state index in [1.54, 1.807) is 7.11 Å². The van der Waals surface area contributed by atoms with Crippen molar-refractivity contribution in [3.8, 4) is 0 Å². The van der Waals surface area contributed by atoms with Crippen LogP contribution in [0.3, 0.4) is 0 Å². The average Bonchev–Trinajstić information content (AvgIpc) is 2.19. The van der Waals surface area contributed by atoms with Crippen LogP contribution in [0.5, 0.6) is 0 Å². The smallest absolute Gasteiger partial charge is 0.170 e. The van der Waals surface area contributed by atoms with E-state index in [1.165, 1.54) is 0 Å². The molecule has 3 nitrogen and oxygen atoms in total. The van der Waals surface area contributed by atoms with Gasteiger partial charge in [-0.05, 0) is 13.5 Å². The normalized spacial score (nSPS) is 23.3. The Bertz CT molecular complexity index is 142. The zero-order valence-electron chi connectivity index (χ0n) is 9.01. The Morgan fingerprint density at radius 3 is 2.23 bits per heavy atom. The summed E-state index contributed by atoms with van der Waals surface area (Å²) in [5, 5.41) is 0. The van der Waals surface area contributed by atoms with E-state index in [9.17, 15) is 0 Å². The number of hydrogen-bond acceptors (Lipinski definition) is 3. The maximum absolute atomic E-state index is 5.66. The minimum Gasteiger partial charge on any atom is -0.353 e. The molecule has 3 heteroatoms. The van der Waals surface area contributed by atoms with Crippen molar-refractivity contribution in [3.63, 3.8) is 0 Å². The lowest BCUT2D eigenvalue weighted by atomic mass is 10.0. The summed E-state index contributed by atoms with van der Waals surface area (Å²) < 4.78 is 11.1. The molecule has 0 N–H and O–H groups in total. The van der Waals surface area contributed by atoms with Gasteiger partial charge in [0.05, 0.1) is 0 Å². The summed E-state index contributed by atoms with van der Waals surface area (Å²) in [6.07, 6.45) is 1.98. The molecule has 1 rings (SSSR count). The summed E-state index contributed by atoms with van der Waals surface area (Å²) in [5.74, 6) is -0.291. The number of rotatable bonds is 4. The third kappa shape index (κ3) is 2.66. The number of methoxy groups -OCH3 is 1. The van der Waals surface area contributed by atoms with Crippen molar-refractivity contribution in [1.82, 2.24) is 4.90 Å². The predicted octanol–water partition coefficient (Wildman–Crippen LogP) is 1.48. The zero-order chi connectivity index (χ0) is 9.73. The van der Waals surface area contributed by atoms with Crippen LogP contribution in [0.4, 0.5) is 0 Å². The minimum absolute atomic E-state index is 0.291. The van der Waals surface area contributed by atoms with Gasteiger partial charge >= 0.3 is 0 Å². The van der Waals surface area contributed by atoms with Crippen LogP contribution in [0.15, 0.2) is 0 Å². The lowest BCUT2D eigenvalue weighted by Gasteiger charge is -2.39. The fourth-order valence-electron chi connectivity index (χ4n) is 1.88. The van der Waals surface area contributed by atoms with Crippen molar-refractivity contribution in [2.75, 3.05) is 33.4 Å². The molecule has 0 aromatic heterocycles. The van der Waals surface area contributed by atoms with Crippen LogP contribution in [-0.2, 0) is 9.47 Å². The van der Waals surface area contributed by atoms with Gasteiger partial charge in [-0.25, -0.2) is 0 Å². The van der Waals surface area contributed by atoms with E-state index < -0.39 is 0 Å². The number of hydrogen-bond donors (Lipinski definition) is 0. The van der Waals surface area contributed by atoms with Gasteiger partial charge in [-0.1, -0.05) is 6.92 Å². The minimum atomic E-state index is -0.291. The first kappa shape index (κ1) is 11.0. The Hall–Kier alpha value is -0.120. The maximum atomic E-state index is 5.66. The molecule has 0 radical (unpaired) electrons. The molecular formula is C10H21NO2. The van der Waals surface area contributed by atoms with Crippen LogP contribution in [0.25, 0.3) is 0 Å². The second-order valence-electron chi connectivity index (χ2n) is 3.48. The Balaban J connectivity index is 2.42. The molecule has 1 fully saturated rings. The van der Waals surface area contributed by atoms with Gasteiger partial charge < -0.3 is 14.4 Å². The molecule has 0 unspecified atom stereocenters. The van der Waals surface area contributed by atoms with Gasteiger partial charge in [0.1, 0.15) is 0 Å². The standard InChI is InChI=1S/C10H21NO2/c1-4-11-8-6-10(12-3,7-9-11)13-5-2/h4-9H2,1-3H3. The molecule has 1 heterocycles. The topological polar surface area (TPSA) is 21.7 Å². The van der Waals surface area contributed by atoms with E-state index >= 15 is 0 Å². The van der Waals surface area contributed by atoms with Gasteiger partial charge in [0.15, 0.2) is 5.79 Å². The molecule has 0 aromatic carbocycles. The Morgan fingerprint density at radius 1 is 1.23 bits per heavy atom. The SMILES string of the molecule is CCOC1(OC)CCN(CC)CC1. The summed E-state index contributed by atoms with van der Waals surface area (Å²) in [6, 6.07) is 0. The maximum Gasteiger partial charge on any atom is 0.170 e. The molecule has 0 amide bonds. The van der Waals surface area contributed by atoms with E-state index in [-0.39, 0.29) is 5.79 Å². The molecule has 1 aliphatic rings. The highest BCUT2D eigenvalue weighted by atomic mass is 16.7. The first-order chi connectivity index (χ1) is 6.26. The van der Waals surface area contributed by atoms with Crippen LogP contribution in [0.2, 0.25) is 0 Å². The van der Waals surface area contributed by atoms with E-state index in [4.69, 9.17) is 9.47 Å². The fraction of sp³-hybridized carbons (Fsp3) is 1.00. The summed E-state index contributed by atoms with van der Waals surface area (Å²) in [7, 11) is 1.75. The third-order valence-electron chi connectivity index (χ3n) is 2.84. The molecule has 1 saturated heterocycles. The number of nitrogens with zero attached hydrogens (tertiary/aromatic N) is 1. The van der Waals surface area contributed by atoms with Crippen LogP contribution in [-0.4, -0.2) is 44.0 Å². The van der Waals surface area contributed by atoms with E-state index in [2.05, 4.69) is 11.8 Å². The Labute approximate surface area is 81.0 Å². The number of ether oxygens (including phenoxy) is 2. The van der Waals surface area contributed by atoms with Crippen molar-refractivity contribution in [2.24, 2.45) is 0 Å². The van der Waals surface area contributed by atoms with Gasteiger partial charge in [-0.2, -0.15) is 0 Å². The molecule has 0 atom stereocenters. The van der Waals surface area contributed by atoms with Gasteiger partial charge in [0.2, 0.25) is 0 Å². The quantitative estimate of drug-likeness (QED) is 0.622. The summed E-state index contributed by atoms with van der Waals surface area (Å²) in [5.41, 5.74) is 0. The second kappa shape index (κ2) is 4.94. The van der Waals surface area contributed by atoms with Crippen molar-refractivity contribution in [3.05, 3.63) is 0 Å². The Morgan fingerprint density at radius 2 is 1.85 bits per heavy atom. The fourth-order valence-corrected chi connectivity index (χ4v) is 1.88. The predicted molar refractivity (Wildman–Crippen MR) is 52.7 cm³/mol. The second-order valence-corrected chi connectivity index (χ2v) is 3.48. The monoisotopic (exact) mass is 187 g/mol.